The summed E-state index contributed by atoms with van der Waals surface area (Å²) in [5.74, 6) is -0.210. The Morgan fingerprint density at radius 3 is 2.40 bits per heavy atom. The number of hydrogen-bond acceptors (Lipinski definition) is 4. The van der Waals surface area contributed by atoms with Crippen molar-refractivity contribution < 1.29 is 4.92 Å². The minimum Gasteiger partial charge on any atom is -0.379 e. The van der Waals surface area contributed by atoms with E-state index in [2.05, 4.69) is 4.98 Å². The number of H-pyrrole nitrogens is 1. The lowest BCUT2D eigenvalue weighted by atomic mass is 9.88. The number of aromatic nitrogens is 1. The second kappa shape index (κ2) is 3.38. The summed E-state index contributed by atoms with van der Waals surface area (Å²) in [4.78, 5) is 23.8. The van der Waals surface area contributed by atoms with E-state index >= 15 is 0 Å². The lowest BCUT2D eigenvalue weighted by Crippen LogP contribution is -2.25. The molecule has 6 heteroatoms. The SMILES string of the molecule is CC(C)(C)c1cc([N+](=O)[O-])c(N)[nH]c1=O. The maximum atomic E-state index is 11.5. The van der Waals surface area contributed by atoms with E-state index in [0.29, 0.717) is 5.56 Å². The first-order chi connectivity index (χ1) is 6.73. The minimum absolute atomic E-state index is 0.210. The maximum Gasteiger partial charge on any atom is 0.309 e. The molecule has 0 aliphatic carbocycles. The van der Waals surface area contributed by atoms with Crippen LogP contribution in [0.5, 0.6) is 0 Å². The molecule has 0 spiro atoms. The van der Waals surface area contributed by atoms with E-state index in [4.69, 9.17) is 5.73 Å². The van der Waals surface area contributed by atoms with Crippen LogP contribution in [0.3, 0.4) is 0 Å². The van der Waals surface area contributed by atoms with E-state index in [-0.39, 0.29) is 17.1 Å². The van der Waals surface area contributed by atoms with Crippen LogP contribution in [-0.2, 0) is 5.41 Å². The predicted octanol–water partition coefficient (Wildman–Crippen LogP) is 1.16. The first-order valence-corrected chi connectivity index (χ1v) is 4.41. The number of nitrogens with zero attached hydrogens (tertiary/aromatic N) is 1. The van der Waals surface area contributed by atoms with E-state index in [0.717, 1.165) is 0 Å². The average molecular weight is 211 g/mol. The fraction of sp³-hybridized carbons (Fsp3) is 0.444. The Hall–Kier alpha value is -1.85. The Bertz CT molecular complexity index is 457. The fourth-order valence-corrected chi connectivity index (χ4v) is 1.24. The predicted molar refractivity (Wildman–Crippen MR) is 56.8 cm³/mol. The molecule has 1 heterocycles. The van der Waals surface area contributed by atoms with Crippen LogP contribution in [0.25, 0.3) is 0 Å². The van der Waals surface area contributed by atoms with Gasteiger partial charge in [0.25, 0.3) is 5.56 Å². The first-order valence-electron chi connectivity index (χ1n) is 4.41. The lowest BCUT2D eigenvalue weighted by Gasteiger charge is -2.17. The number of nitrogens with two attached hydrogens (primary N) is 1. The Balaban J connectivity index is 3.51. The highest BCUT2D eigenvalue weighted by Crippen LogP contribution is 2.24. The zero-order valence-electron chi connectivity index (χ0n) is 8.83. The number of nitrogen functional groups attached to an aromatic ring is 1. The van der Waals surface area contributed by atoms with Crippen molar-refractivity contribution in [3.05, 3.63) is 32.1 Å². The van der Waals surface area contributed by atoms with Gasteiger partial charge >= 0.3 is 5.69 Å². The van der Waals surface area contributed by atoms with Crippen molar-refractivity contribution in [2.75, 3.05) is 5.73 Å². The minimum atomic E-state index is -0.611. The van der Waals surface area contributed by atoms with Gasteiger partial charge in [-0.3, -0.25) is 14.9 Å². The number of hydrogen-bond donors (Lipinski definition) is 2. The normalized spacial score (nSPS) is 11.4. The highest BCUT2D eigenvalue weighted by Gasteiger charge is 2.23. The molecular weight excluding hydrogens is 198 g/mol. The molecule has 15 heavy (non-hydrogen) atoms. The van der Waals surface area contributed by atoms with E-state index in [1.165, 1.54) is 6.07 Å². The molecule has 0 aliphatic rings. The molecular formula is C9H13N3O3. The molecule has 0 saturated carbocycles. The Morgan fingerprint density at radius 1 is 1.47 bits per heavy atom. The average Bonchev–Trinajstić information content (AvgIpc) is 2.00. The van der Waals surface area contributed by atoms with E-state index < -0.39 is 10.3 Å². The molecule has 0 aliphatic heterocycles. The number of nitro groups is 1. The Labute approximate surface area is 86.3 Å². The standard InChI is InChI=1S/C9H13N3O3/c1-9(2,3)5-4-6(12(14)15)7(10)11-8(5)13/h4H,1-3H3,(H3,10,11,13). The largest absolute Gasteiger partial charge is 0.379 e. The van der Waals surface area contributed by atoms with Crippen molar-refractivity contribution in [2.24, 2.45) is 0 Å². The molecule has 0 aromatic carbocycles. The van der Waals surface area contributed by atoms with Crippen molar-refractivity contribution >= 4 is 11.5 Å². The van der Waals surface area contributed by atoms with Gasteiger partial charge in [0.15, 0.2) is 5.82 Å². The number of aromatic amines is 1. The summed E-state index contributed by atoms with van der Waals surface area (Å²) in [6.07, 6.45) is 0. The number of nitrogens with one attached hydrogen (secondary N) is 1. The molecule has 1 aromatic heterocycles. The number of pyridine rings is 1. The van der Waals surface area contributed by atoms with Gasteiger partial charge in [-0.1, -0.05) is 20.8 Å². The Kier molecular flexibility index (Phi) is 2.53. The smallest absolute Gasteiger partial charge is 0.309 e. The van der Waals surface area contributed by atoms with Gasteiger partial charge in [-0.05, 0) is 5.41 Å². The summed E-state index contributed by atoms with van der Waals surface area (Å²) in [5, 5.41) is 10.6. The van der Waals surface area contributed by atoms with E-state index in [1.54, 1.807) is 20.8 Å². The van der Waals surface area contributed by atoms with Gasteiger partial charge in [0.1, 0.15) is 0 Å². The molecule has 0 radical (unpaired) electrons. The van der Waals surface area contributed by atoms with Crippen LogP contribution in [0.15, 0.2) is 10.9 Å². The third kappa shape index (κ3) is 2.15. The van der Waals surface area contributed by atoms with Gasteiger partial charge in [-0.15, -0.1) is 0 Å². The molecule has 82 valence electrons. The summed E-state index contributed by atoms with van der Waals surface area (Å²) in [6, 6.07) is 1.23. The molecule has 1 aromatic rings. The van der Waals surface area contributed by atoms with Crippen LogP contribution in [0, 0.1) is 10.1 Å². The number of rotatable bonds is 1. The molecule has 0 saturated heterocycles. The second-order valence-electron chi connectivity index (χ2n) is 4.32. The molecule has 0 amide bonds. The summed E-state index contributed by atoms with van der Waals surface area (Å²) < 4.78 is 0. The summed E-state index contributed by atoms with van der Waals surface area (Å²) in [5.41, 5.74) is 4.59. The van der Waals surface area contributed by atoms with Crippen LogP contribution in [0.4, 0.5) is 11.5 Å². The van der Waals surface area contributed by atoms with Gasteiger partial charge in [-0.2, -0.15) is 0 Å². The quantitative estimate of drug-likeness (QED) is 0.537. The molecule has 1 rings (SSSR count). The topological polar surface area (TPSA) is 102 Å². The zero-order chi connectivity index (χ0) is 11.8. The zero-order valence-corrected chi connectivity index (χ0v) is 8.83. The van der Waals surface area contributed by atoms with Crippen molar-refractivity contribution in [1.82, 2.24) is 4.98 Å². The van der Waals surface area contributed by atoms with Gasteiger partial charge in [0.05, 0.1) is 4.92 Å². The highest BCUT2D eigenvalue weighted by atomic mass is 16.6. The first kappa shape index (κ1) is 11.2. The summed E-state index contributed by atoms with van der Waals surface area (Å²) >= 11 is 0. The molecule has 6 nitrogen and oxygen atoms in total. The summed E-state index contributed by atoms with van der Waals surface area (Å²) in [7, 11) is 0. The number of anilines is 1. The second-order valence-corrected chi connectivity index (χ2v) is 4.32. The molecule has 0 fully saturated rings. The molecule has 3 N–H and O–H groups in total. The van der Waals surface area contributed by atoms with Crippen molar-refractivity contribution in [2.45, 2.75) is 26.2 Å². The van der Waals surface area contributed by atoms with Gasteiger partial charge in [-0.25, -0.2) is 0 Å². The highest BCUT2D eigenvalue weighted by molar-refractivity contribution is 5.53. The van der Waals surface area contributed by atoms with E-state index in [9.17, 15) is 14.9 Å². The van der Waals surface area contributed by atoms with Crippen LogP contribution in [0.2, 0.25) is 0 Å². The maximum absolute atomic E-state index is 11.5. The van der Waals surface area contributed by atoms with E-state index in [1.807, 2.05) is 0 Å². The fourth-order valence-electron chi connectivity index (χ4n) is 1.24. The van der Waals surface area contributed by atoms with Crippen LogP contribution in [-0.4, -0.2) is 9.91 Å². The van der Waals surface area contributed by atoms with Gasteiger partial charge < -0.3 is 10.7 Å². The third-order valence-corrected chi connectivity index (χ3v) is 2.05. The van der Waals surface area contributed by atoms with Crippen molar-refractivity contribution in [3.8, 4) is 0 Å². The van der Waals surface area contributed by atoms with Crippen LogP contribution < -0.4 is 11.3 Å². The van der Waals surface area contributed by atoms with Gasteiger partial charge in [0.2, 0.25) is 0 Å². The third-order valence-electron chi connectivity index (χ3n) is 2.05. The summed E-state index contributed by atoms with van der Waals surface area (Å²) in [6.45, 7) is 5.41. The van der Waals surface area contributed by atoms with Crippen LogP contribution >= 0.6 is 0 Å². The van der Waals surface area contributed by atoms with Crippen LogP contribution in [0.1, 0.15) is 26.3 Å². The molecule has 0 atom stereocenters. The van der Waals surface area contributed by atoms with Gasteiger partial charge in [0, 0.05) is 11.6 Å². The van der Waals surface area contributed by atoms with Crippen molar-refractivity contribution in [3.63, 3.8) is 0 Å². The Morgan fingerprint density at radius 2 is 2.00 bits per heavy atom. The molecule has 0 unspecified atom stereocenters. The van der Waals surface area contributed by atoms with Crippen molar-refractivity contribution in [1.29, 1.82) is 0 Å². The molecule has 0 bridgehead atoms. The monoisotopic (exact) mass is 211 g/mol. The lowest BCUT2D eigenvalue weighted by molar-refractivity contribution is -0.384.